The largest absolute Gasteiger partial charge is 0.497 e. The fourth-order valence-corrected chi connectivity index (χ4v) is 2.61. The van der Waals surface area contributed by atoms with E-state index in [1.807, 2.05) is 49.4 Å². The fourth-order valence-electron chi connectivity index (χ4n) is 2.61. The van der Waals surface area contributed by atoms with Crippen LogP contribution in [0.4, 0.5) is 11.4 Å². The van der Waals surface area contributed by atoms with E-state index >= 15 is 0 Å². The Bertz CT molecular complexity index is 909. The lowest BCUT2D eigenvalue weighted by molar-refractivity contribution is 0.102. The molecule has 2 aromatic carbocycles. The number of methoxy groups -OCH3 is 1. The molecule has 1 aromatic heterocycles. The number of amides is 1. The number of anilines is 2. The summed E-state index contributed by atoms with van der Waals surface area (Å²) >= 11 is 0. The Balaban J connectivity index is 1.60. The Morgan fingerprint density at radius 2 is 1.68 bits per heavy atom. The number of aromatic nitrogens is 1. The molecule has 0 fully saturated rings. The number of carbonyl (C=O) groups is 1. The Morgan fingerprint density at radius 1 is 0.964 bits per heavy atom. The van der Waals surface area contributed by atoms with E-state index in [2.05, 4.69) is 15.6 Å². The van der Waals surface area contributed by atoms with Crippen molar-refractivity contribution in [2.24, 2.45) is 0 Å². The van der Waals surface area contributed by atoms with Gasteiger partial charge in [0.25, 0.3) is 5.91 Å². The third-order valence-corrected chi connectivity index (χ3v) is 4.07. The maximum Gasteiger partial charge on any atom is 0.274 e. The van der Waals surface area contributed by atoms with E-state index in [4.69, 9.17) is 9.47 Å². The molecule has 0 saturated heterocycles. The molecule has 0 saturated carbocycles. The Hall–Kier alpha value is -3.54. The summed E-state index contributed by atoms with van der Waals surface area (Å²) in [4.78, 5) is 16.6. The van der Waals surface area contributed by atoms with Crippen LogP contribution in [-0.2, 0) is 6.54 Å². The van der Waals surface area contributed by atoms with Gasteiger partial charge in [-0.1, -0.05) is 12.1 Å². The lowest BCUT2D eigenvalue weighted by Gasteiger charge is -2.10. The van der Waals surface area contributed by atoms with E-state index < -0.39 is 0 Å². The fraction of sp³-hybridized carbons (Fsp3) is 0.182. The van der Waals surface area contributed by atoms with Gasteiger partial charge < -0.3 is 20.1 Å². The summed E-state index contributed by atoms with van der Waals surface area (Å²) < 4.78 is 10.6. The molecule has 0 aliphatic carbocycles. The highest BCUT2D eigenvalue weighted by Crippen LogP contribution is 2.17. The second-order valence-electron chi connectivity index (χ2n) is 6.04. The minimum atomic E-state index is -0.266. The Labute approximate surface area is 164 Å². The molecule has 0 atom stereocenters. The van der Waals surface area contributed by atoms with Crippen LogP contribution in [0.1, 0.15) is 23.0 Å². The van der Waals surface area contributed by atoms with Gasteiger partial charge in [-0.2, -0.15) is 0 Å². The molecule has 0 bridgehead atoms. The zero-order valence-corrected chi connectivity index (χ0v) is 15.9. The zero-order valence-electron chi connectivity index (χ0n) is 15.9. The van der Waals surface area contributed by atoms with Crippen molar-refractivity contribution in [1.82, 2.24) is 4.98 Å². The molecule has 0 aliphatic rings. The SMILES string of the molecule is CCOc1ccc(NC(=O)c2cc(NCc3ccc(OC)cc3)ccn2)cc1. The van der Waals surface area contributed by atoms with Crippen molar-refractivity contribution < 1.29 is 14.3 Å². The lowest BCUT2D eigenvalue weighted by Crippen LogP contribution is -2.14. The molecule has 3 aromatic rings. The van der Waals surface area contributed by atoms with Gasteiger partial charge in [0.1, 0.15) is 17.2 Å². The van der Waals surface area contributed by atoms with Gasteiger partial charge >= 0.3 is 0 Å². The van der Waals surface area contributed by atoms with Gasteiger partial charge in [-0.15, -0.1) is 0 Å². The number of hydrogen-bond acceptors (Lipinski definition) is 5. The molecule has 0 spiro atoms. The molecule has 1 heterocycles. The van der Waals surface area contributed by atoms with Crippen molar-refractivity contribution >= 4 is 17.3 Å². The molecule has 6 heteroatoms. The molecule has 0 aliphatic heterocycles. The number of benzene rings is 2. The van der Waals surface area contributed by atoms with Gasteiger partial charge in [-0.25, -0.2) is 0 Å². The van der Waals surface area contributed by atoms with Crippen molar-refractivity contribution in [3.63, 3.8) is 0 Å². The molecule has 0 unspecified atom stereocenters. The van der Waals surface area contributed by atoms with Gasteiger partial charge in [0.2, 0.25) is 0 Å². The first-order valence-corrected chi connectivity index (χ1v) is 9.05. The number of nitrogens with one attached hydrogen (secondary N) is 2. The first-order valence-electron chi connectivity index (χ1n) is 9.05. The summed E-state index contributed by atoms with van der Waals surface area (Å²) in [5.41, 5.74) is 2.96. The van der Waals surface area contributed by atoms with E-state index in [0.717, 1.165) is 22.7 Å². The molecular weight excluding hydrogens is 354 g/mol. The molecule has 6 nitrogen and oxygen atoms in total. The van der Waals surface area contributed by atoms with Crippen molar-refractivity contribution in [3.8, 4) is 11.5 Å². The number of hydrogen-bond donors (Lipinski definition) is 2. The first-order chi connectivity index (χ1) is 13.7. The van der Waals surface area contributed by atoms with Gasteiger partial charge in [0.15, 0.2) is 0 Å². The van der Waals surface area contributed by atoms with Crippen molar-refractivity contribution in [3.05, 3.63) is 78.1 Å². The summed E-state index contributed by atoms with van der Waals surface area (Å²) in [5, 5.41) is 6.14. The van der Waals surface area contributed by atoms with E-state index in [1.54, 1.807) is 31.5 Å². The van der Waals surface area contributed by atoms with Crippen LogP contribution in [0.5, 0.6) is 11.5 Å². The Morgan fingerprint density at radius 3 is 2.36 bits per heavy atom. The predicted molar refractivity (Wildman–Crippen MR) is 110 cm³/mol. The number of nitrogens with zero attached hydrogens (tertiary/aromatic N) is 1. The molecule has 3 rings (SSSR count). The average Bonchev–Trinajstić information content (AvgIpc) is 2.74. The molecule has 1 amide bonds. The third-order valence-electron chi connectivity index (χ3n) is 4.07. The van der Waals surface area contributed by atoms with Crippen molar-refractivity contribution in [1.29, 1.82) is 0 Å². The molecule has 144 valence electrons. The summed E-state index contributed by atoms with van der Waals surface area (Å²) in [5.74, 6) is 1.32. The normalized spacial score (nSPS) is 10.2. The summed E-state index contributed by atoms with van der Waals surface area (Å²) in [6.45, 7) is 3.16. The van der Waals surface area contributed by atoms with Crippen molar-refractivity contribution in [2.45, 2.75) is 13.5 Å². The number of carbonyl (C=O) groups excluding carboxylic acids is 1. The van der Waals surface area contributed by atoms with E-state index in [1.165, 1.54) is 0 Å². The van der Waals surface area contributed by atoms with Crippen LogP contribution in [0, 0.1) is 0 Å². The van der Waals surface area contributed by atoms with Gasteiger partial charge in [0.05, 0.1) is 13.7 Å². The highest BCUT2D eigenvalue weighted by Gasteiger charge is 2.09. The molecule has 2 N–H and O–H groups in total. The second kappa shape index (κ2) is 9.41. The minimum absolute atomic E-state index is 0.266. The third kappa shape index (κ3) is 5.23. The maximum absolute atomic E-state index is 12.5. The summed E-state index contributed by atoms with van der Waals surface area (Å²) in [6.07, 6.45) is 1.61. The van der Waals surface area contributed by atoms with Gasteiger partial charge in [-0.3, -0.25) is 9.78 Å². The smallest absolute Gasteiger partial charge is 0.274 e. The van der Waals surface area contributed by atoms with E-state index in [0.29, 0.717) is 24.5 Å². The van der Waals surface area contributed by atoms with Crippen LogP contribution in [-0.4, -0.2) is 24.6 Å². The zero-order chi connectivity index (χ0) is 19.8. The van der Waals surface area contributed by atoms with Crippen LogP contribution in [0.25, 0.3) is 0 Å². The average molecular weight is 377 g/mol. The number of rotatable bonds is 8. The van der Waals surface area contributed by atoms with Crippen LogP contribution in [0.3, 0.4) is 0 Å². The maximum atomic E-state index is 12.5. The highest BCUT2D eigenvalue weighted by molar-refractivity contribution is 6.03. The van der Waals surface area contributed by atoms with Gasteiger partial charge in [-0.05, 0) is 61.0 Å². The summed E-state index contributed by atoms with van der Waals surface area (Å²) in [7, 11) is 1.64. The van der Waals surface area contributed by atoms with Crippen LogP contribution >= 0.6 is 0 Å². The molecular formula is C22H23N3O3. The highest BCUT2D eigenvalue weighted by atomic mass is 16.5. The van der Waals surface area contributed by atoms with Crippen LogP contribution in [0.15, 0.2) is 66.9 Å². The summed E-state index contributed by atoms with van der Waals surface area (Å²) in [6, 6.07) is 18.6. The number of ether oxygens (including phenoxy) is 2. The second-order valence-corrected chi connectivity index (χ2v) is 6.04. The molecule has 0 radical (unpaired) electrons. The lowest BCUT2D eigenvalue weighted by atomic mass is 10.2. The molecule has 28 heavy (non-hydrogen) atoms. The van der Waals surface area contributed by atoms with E-state index in [-0.39, 0.29) is 5.91 Å². The Kier molecular flexibility index (Phi) is 6.46. The van der Waals surface area contributed by atoms with Crippen molar-refractivity contribution in [2.75, 3.05) is 24.4 Å². The monoisotopic (exact) mass is 377 g/mol. The first kappa shape index (κ1) is 19.2. The standard InChI is InChI=1S/C22H23N3O3/c1-3-28-20-10-6-17(7-11-20)25-22(26)21-14-18(12-13-23-21)24-15-16-4-8-19(27-2)9-5-16/h4-14H,3,15H2,1-2H3,(H,23,24)(H,25,26). The predicted octanol–water partition coefficient (Wildman–Crippen LogP) is 4.35. The van der Waals surface area contributed by atoms with Crippen LogP contribution < -0.4 is 20.1 Å². The quantitative estimate of drug-likeness (QED) is 0.610. The minimum Gasteiger partial charge on any atom is -0.497 e. The topological polar surface area (TPSA) is 72.5 Å². The number of pyridine rings is 1. The van der Waals surface area contributed by atoms with Gasteiger partial charge in [0, 0.05) is 24.1 Å². The van der Waals surface area contributed by atoms with E-state index in [9.17, 15) is 4.79 Å². The van der Waals surface area contributed by atoms with Crippen LogP contribution in [0.2, 0.25) is 0 Å².